The van der Waals surface area contributed by atoms with Crippen molar-refractivity contribution in [1.82, 2.24) is 4.90 Å². The van der Waals surface area contributed by atoms with Crippen molar-refractivity contribution in [3.63, 3.8) is 0 Å². The first kappa shape index (κ1) is 16.3. The Kier molecular flexibility index (Phi) is 6.99. The summed E-state index contributed by atoms with van der Waals surface area (Å²) in [6.45, 7) is 11.3. The van der Waals surface area contributed by atoms with Crippen molar-refractivity contribution in [2.75, 3.05) is 19.1 Å². The van der Waals surface area contributed by atoms with Crippen LogP contribution in [0.4, 0.5) is 0 Å². The lowest BCUT2D eigenvalue weighted by molar-refractivity contribution is 0.0767. The fraction of sp³-hybridized carbons (Fsp3) is 1.00. The molecule has 0 amide bonds. The van der Waals surface area contributed by atoms with Crippen molar-refractivity contribution in [2.24, 2.45) is 11.1 Å². The van der Waals surface area contributed by atoms with Crippen molar-refractivity contribution >= 4 is 11.8 Å². The summed E-state index contributed by atoms with van der Waals surface area (Å²) in [5.74, 6) is 1.17. The average molecular weight is 246 g/mol. The van der Waals surface area contributed by atoms with Gasteiger partial charge in [0.05, 0.1) is 0 Å². The molecule has 0 saturated heterocycles. The summed E-state index contributed by atoms with van der Waals surface area (Å²) in [6, 6.07) is 1.28. The fourth-order valence-corrected chi connectivity index (χ4v) is 3.13. The van der Waals surface area contributed by atoms with Crippen LogP contribution in [0.2, 0.25) is 0 Å². The molecule has 0 saturated carbocycles. The van der Waals surface area contributed by atoms with E-state index in [4.69, 9.17) is 5.73 Å². The van der Waals surface area contributed by atoms with Crippen molar-refractivity contribution in [3.8, 4) is 0 Å². The number of thioether (sulfide) groups is 1. The van der Waals surface area contributed by atoms with Crippen LogP contribution < -0.4 is 5.73 Å². The van der Waals surface area contributed by atoms with E-state index in [0.29, 0.717) is 12.1 Å². The van der Waals surface area contributed by atoms with E-state index in [-0.39, 0.29) is 11.5 Å². The Morgan fingerprint density at radius 2 is 1.81 bits per heavy atom. The number of hydrogen-bond acceptors (Lipinski definition) is 3. The van der Waals surface area contributed by atoms with Gasteiger partial charge in [-0.3, -0.25) is 4.90 Å². The zero-order chi connectivity index (χ0) is 12.9. The first-order chi connectivity index (χ1) is 7.25. The first-order valence-corrected chi connectivity index (χ1v) is 7.61. The molecule has 0 aromatic heterocycles. The van der Waals surface area contributed by atoms with Crippen LogP contribution in [-0.4, -0.2) is 42.1 Å². The Balaban J connectivity index is 4.76. The predicted octanol–water partition coefficient (Wildman–Crippen LogP) is 2.82. The monoisotopic (exact) mass is 246 g/mol. The molecule has 0 aromatic carbocycles. The number of likely N-dealkylation sites (N-methyl/N-ethyl adjacent to an activating group) is 1. The Hall–Kier alpha value is 0.270. The SMILES string of the molecule is CCC(N)C(N(C)C(C)CSC)C(C)(C)C. The molecular weight excluding hydrogens is 216 g/mol. The van der Waals surface area contributed by atoms with Crippen LogP contribution in [0.5, 0.6) is 0 Å². The van der Waals surface area contributed by atoms with Gasteiger partial charge in [0, 0.05) is 23.9 Å². The van der Waals surface area contributed by atoms with Gasteiger partial charge in [-0.2, -0.15) is 11.8 Å². The minimum Gasteiger partial charge on any atom is -0.326 e. The highest BCUT2D eigenvalue weighted by atomic mass is 32.2. The van der Waals surface area contributed by atoms with Crippen LogP contribution in [0, 0.1) is 5.41 Å². The van der Waals surface area contributed by atoms with E-state index in [1.54, 1.807) is 0 Å². The molecule has 0 fully saturated rings. The van der Waals surface area contributed by atoms with Gasteiger partial charge >= 0.3 is 0 Å². The van der Waals surface area contributed by atoms with E-state index >= 15 is 0 Å². The lowest BCUT2D eigenvalue weighted by Crippen LogP contribution is -2.56. The number of hydrogen-bond donors (Lipinski definition) is 1. The minimum absolute atomic E-state index is 0.233. The molecule has 2 nitrogen and oxygen atoms in total. The summed E-state index contributed by atoms with van der Waals surface area (Å²) in [6.07, 6.45) is 3.20. The van der Waals surface area contributed by atoms with E-state index in [1.165, 1.54) is 5.75 Å². The van der Waals surface area contributed by atoms with Gasteiger partial charge in [0.15, 0.2) is 0 Å². The van der Waals surface area contributed by atoms with E-state index in [0.717, 1.165) is 6.42 Å². The molecule has 0 aliphatic rings. The third kappa shape index (κ3) is 4.64. The largest absolute Gasteiger partial charge is 0.326 e. The standard InChI is InChI=1S/C13H30N2S/c1-8-11(14)12(13(3,4)5)15(6)10(2)9-16-7/h10-12H,8-9,14H2,1-7H3. The van der Waals surface area contributed by atoms with Crippen molar-refractivity contribution in [3.05, 3.63) is 0 Å². The molecule has 3 heteroatoms. The zero-order valence-corrected chi connectivity index (χ0v) is 12.9. The van der Waals surface area contributed by atoms with Crippen molar-refractivity contribution in [1.29, 1.82) is 0 Å². The third-order valence-electron chi connectivity index (χ3n) is 3.31. The lowest BCUT2D eigenvalue weighted by Gasteiger charge is -2.44. The van der Waals surface area contributed by atoms with Crippen LogP contribution in [-0.2, 0) is 0 Å². The average Bonchev–Trinajstić information content (AvgIpc) is 2.15. The molecule has 0 heterocycles. The summed E-state index contributed by atoms with van der Waals surface area (Å²) >= 11 is 1.90. The molecule has 2 N–H and O–H groups in total. The highest BCUT2D eigenvalue weighted by Crippen LogP contribution is 2.28. The summed E-state index contributed by atoms with van der Waals surface area (Å²) in [4.78, 5) is 2.46. The van der Waals surface area contributed by atoms with Gasteiger partial charge < -0.3 is 5.73 Å². The predicted molar refractivity (Wildman–Crippen MR) is 77.1 cm³/mol. The molecule has 0 aromatic rings. The van der Waals surface area contributed by atoms with Gasteiger partial charge in [0.1, 0.15) is 0 Å². The quantitative estimate of drug-likeness (QED) is 0.781. The van der Waals surface area contributed by atoms with Crippen LogP contribution in [0.25, 0.3) is 0 Å². The van der Waals surface area contributed by atoms with E-state index in [9.17, 15) is 0 Å². The second-order valence-electron chi connectivity index (χ2n) is 5.85. The molecule has 0 bridgehead atoms. The molecule has 3 unspecified atom stereocenters. The molecule has 0 aliphatic heterocycles. The Bertz CT molecular complexity index is 189. The van der Waals surface area contributed by atoms with Gasteiger partial charge in [-0.15, -0.1) is 0 Å². The van der Waals surface area contributed by atoms with Gasteiger partial charge in [-0.05, 0) is 32.1 Å². The number of nitrogens with zero attached hydrogens (tertiary/aromatic N) is 1. The van der Waals surface area contributed by atoms with Crippen molar-refractivity contribution in [2.45, 2.75) is 59.2 Å². The highest BCUT2D eigenvalue weighted by Gasteiger charge is 2.34. The second kappa shape index (κ2) is 6.87. The number of nitrogens with two attached hydrogens (primary N) is 1. The molecule has 16 heavy (non-hydrogen) atoms. The van der Waals surface area contributed by atoms with Gasteiger partial charge in [-0.1, -0.05) is 27.7 Å². The van der Waals surface area contributed by atoms with Gasteiger partial charge in [-0.25, -0.2) is 0 Å². The first-order valence-electron chi connectivity index (χ1n) is 6.22. The Morgan fingerprint density at radius 3 is 2.12 bits per heavy atom. The van der Waals surface area contributed by atoms with Gasteiger partial charge in [0.2, 0.25) is 0 Å². The van der Waals surface area contributed by atoms with E-state index in [2.05, 4.69) is 52.8 Å². The maximum absolute atomic E-state index is 6.29. The minimum atomic E-state index is 0.233. The number of rotatable bonds is 6. The second-order valence-corrected chi connectivity index (χ2v) is 6.76. The molecule has 0 aliphatic carbocycles. The highest BCUT2D eigenvalue weighted by molar-refractivity contribution is 7.98. The topological polar surface area (TPSA) is 29.3 Å². The summed E-state index contributed by atoms with van der Waals surface area (Å²) in [5, 5.41) is 0. The molecular formula is C13H30N2S. The molecule has 3 atom stereocenters. The molecule has 0 radical (unpaired) electrons. The van der Waals surface area contributed by atoms with E-state index in [1.807, 2.05) is 11.8 Å². The van der Waals surface area contributed by atoms with Crippen LogP contribution >= 0.6 is 11.8 Å². The van der Waals surface area contributed by atoms with Crippen LogP contribution in [0.1, 0.15) is 41.0 Å². The Morgan fingerprint density at radius 1 is 1.31 bits per heavy atom. The maximum atomic E-state index is 6.29. The summed E-state index contributed by atoms with van der Waals surface area (Å²) < 4.78 is 0. The third-order valence-corrected chi connectivity index (χ3v) is 4.12. The lowest BCUT2D eigenvalue weighted by atomic mass is 9.80. The normalized spacial score (nSPS) is 18.6. The van der Waals surface area contributed by atoms with Crippen LogP contribution in [0.3, 0.4) is 0 Å². The van der Waals surface area contributed by atoms with E-state index < -0.39 is 0 Å². The smallest absolute Gasteiger partial charge is 0.0295 e. The fourth-order valence-electron chi connectivity index (χ4n) is 2.41. The van der Waals surface area contributed by atoms with Crippen LogP contribution in [0.15, 0.2) is 0 Å². The maximum Gasteiger partial charge on any atom is 0.0295 e. The Labute approximate surface area is 106 Å². The summed E-state index contributed by atoms with van der Waals surface area (Å²) in [5.41, 5.74) is 6.52. The van der Waals surface area contributed by atoms with Gasteiger partial charge in [0.25, 0.3) is 0 Å². The zero-order valence-electron chi connectivity index (χ0n) is 12.1. The molecule has 98 valence electrons. The molecule has 0 spiro atoms. The molecule has 0 rings (SSSR count). The van der Waals surface area contributed by atoms with Crippen molar-refractivity contribution < 1.29 is 0 Å². The summed E-state index contributed by atoms with van der Waals surface area (Å²) in [7, 11) is 2.21.